The van der Waals surface area contributed by atoms with Gasteiger partial charge in [0.15, 0.2) is 0 Å². The number of rotatable bonds is 5. The lowest BCUT2D eigenvalue weighted by molar-refractivity contribution is 0.667. The summed E-state index contributed by atoms with van der Waals surface area (Å²) in [7, 11) is 0. The molecule has 0 saturated heterocycles. The Bertz CT molecular complexity index is 435. The molecule has 1 heterocycles. The van der Waals surface area contributed by atoms with Gasteiger partial charge in [-0.15, -0.1) is 0 Å². The molecule has 2 N–H and O–H groups in total. The lowest BCUT2D eigenvalue weighted by atomic mass is 10.2. The zero-order valence-electron chi connectivity index (χ0n) is 11.3. The van der Waals surface area contributed by atoms with E-state index in [9.17, 15) is 0 Å². The first kappa shape index (κ1) is 11.8. The van der Waals surface area contributed by atoms with Crippen LogP contribution in [-0.4, -0.2) is 23.1 Å². The number of hydrogen-bond donors (Lipinski definition) is 1. The molecule has 0 amide bonds. The summed E-state index contributed by atoms with van der Waals surface area (Å²) in [5.41, 5.74) is 7.02. The van der Waals surface area contributed by atoms with Crippen LogP contribution in [0.15, 0.2) is 0 Å². The molecule has 1 aromatic rings. The van der Waals surface area contributed by atoms with Gasteiger partial charge in [0.05, 0.1) is 0 Å². The van der Waals surface area contributed by atoms with Gasteiger partial charge >= 0.3 is 0 Å². The highest BCUT2D eigenvalue weighted by molar-refractivity contribution is 5.56. The molecule has 0 aromatic carbocycles. The summed E-state index contributed by atoms with van der Waals surface area (Å²) in [6.45, 7) is 6.25. The zero-order valence-corrected chi connectivity index (χ0v) is 11.3. The molecule has 98 valence electrons. The lowest BCUT2D eigenvalue weighted by Crippen LogP contribution is -2.30. The van der Waals surface area contributed by atoms with Crippen LogP contribution in [0.3, 0.4) is 0 Å². The van der Waals surface area contributed by atoms with Crippen molar-refractivity contribution in [1.82, 2.24) is 9.97 Å². The van der Waals surface area contributed by atoms with Crippen LogP contribution in [0.1, 0.15) is 37.1 Å². The number of nitrogen functional groups attached to an aromatic ring is 1. The molecule has 2 aliphatic rings. The highest BCUT2D eigenvalue weighted by atomic mass is 15.2. The Morgan fingerprint density at radius 3 is 2.11 bits per heavy atom. The maximum atomic E-state index is 5.97. The van der Waals surface area contributed by atoms with E-state index in [-0.39, 0.29) is 0 Å². The third-order valence-corrected chi connectivity index (χ3v) is 3.92. The molecule has 3 rings (SSSR count). The number of hydrogen-bond acceptors (Lipinski definition) is 4. The van der Waals surface area contributed by atoms with Crippen LogP contribution in [0.2, 0.25) is 0 Å². The van der Waals surface area contributed by atoms with Crippen LogP contribution in [0, 0.1) is 25.7 Å². The molecule has 0 atom stereocenters. The predicted molar refractivity (Wildman–Crippen MR) is 73.6 cm³/mol. The highest BCUT2D eigenvalue weighted by Crippen LogP contribution is 2.36. The monoisotopic (exact) mass is 246 g/mol. The minimum Gasteiger partial charge on any atom is -0.383 e. The molecule has 0 bridgehead atoms. The second-order valence-corrected chi connectivity index (χ2v) is 5.90. The molecular weight excluding hydrogens is 224 g/mol. The van der Waals surface area contributed by atoms with E-state index in [2.05, 4.69) is 14.9 Å². The van der Waals surface area contributed by atoms with Gasteiger partial charge in [0, 0.05) is 18.7 Å². The molecule has 18 heavy (non-hydrogen) atoms. The van der Waals surface area contributed by atoms with Crippen molar-refractivity contribution in [3.63, 3.8) is 0 Å². The second-order valence-electron chi connectivity index (χ2n) is 5.90. The van der Waals surface area contributed by atoms with Gasteiger partial charge in [-0.05, 0) is 51.4 Å². The first-order chi connectivity index (χ1) is 8.63. The minimum absolute atomic E-state index is 0.633. The third kappa shape index (κ3) is 2.57. The van der Waals surface area contributed by atoms with Crippen molar-refractivity contribution in [2.75, 3.05) is 23.7 Å². The van der Waals surface area contributed by atoms with Crippen molar-refractivity contribution in [2.24, 2.45) is 11.8 Å². The van der Waals surface area contributed by atoms with Crippen LogP contribution in [-0.2, 0) is 0 Å². The number of aryl methyl sites for hydroxylation is 1. The smallest absolute Gasteiger partial charge is 0.137 e. The van der Waals surface area contributed by atoms with Crippen LogP contribution in [0.25, 0.3) is 0 Å². The number of nitrogens with two attached hydrogens (primary N) is 1. The standard InChI is InChI=1S/C14H22N4/c1-9-13(15)16-10(2)17-14(9)18(7-11-3-4-11)8-12-5-6-12/h11-12H,3-8H2,1-2H3,(H2,15,16,17). The minimum atomic E-state index is 0.633. The topological polar surface area (TPSA) is 55.0 Å². The lowest BCUT2D eigenvalue weighted by Gasteiger charge is -2.26. The Kier molecular flexibility index (Phi) is 2.88. The third-order valence-electron chi connectivity index (χ3n) is 3.92. The average Bonchev–Trinajstić information content (AvgIpc) is 3.17. The SMILES string of the molecule is Cc1nc(N)c(C)c(N(CC2CC2)CC2CC2)n1. The maximum Gasteiger partial charge on any atom is 0.137 e. The number of aromatic nitrogens is 2. The van der Waals surface area contributed by atoms with E-state index in [1.165, 1.54) is 25.7 Å². The second kappa shape index (κ2) is 4.41. The number of anilines is 2. The molecule has 1 aromatic heterocycles. The Morgan fingerprint density at radius 1 is 1.06 bits per heavy atom. The van der Waals surface area contributed by atoms with Crippen molar-refractivity contribution in [1.29, 1.82) is 0 Å². The van der Waals surface area contributed by atoms with Gasteiger partial charge in [0.25, 0.3) is 0 Å². The summed E-state index contributed by atoms with van der Waals surface area (Å²) < 4.78 is 0. The van der Waals surface area contributed by atoms with E-state index in [0.717, 1.165) is 42.1 Å². The molecule has 4 nitrogen and oxygen atoms in total. The summed E-state index contributed by atoms with van der Waals surface area (Å²) in [6.07, 6.45) is 5.50. The maximum absolute atomic E-state index is 5.97. The molecule has 2 aliphatic carbocycles. The average molecular weight is 246 g/mol. The summed E-state index contributed by atoms with van der Waals surface area (Å²) in [5, 5.41) is 0. The highest BCUT2D eigenvalue weighted by Gasteiger charge is 2.30. The quantitative estimate of drug-likeness (QED) is 0.866. The summed E-state index contributed by atoms with van der Waals surface area (Å²) in [6, 6.07) is 0. The molecule has 0 radical (unpaired) electrons. The predicted octanol–water partition coefficient (Wildman–Crippen LogP) is 2.30. The Hall–Kier alpha value is -1.32. The van der Waals surface area contributed by atoms with Crippen molar-refractivity contribution in [3.05, 3.63) is 11.4 Å². The molecule has 2 fully saturated rings. The Balaban J connectivity index is 1.86. The van der Waals surface area contributed by atoms with Crippen molar-refractivity contribution < 1.29 is 0 Å². The number of nitrogens with zero attached hydrogens (tertiary/aromatic N) is 3. The fourth-order valence-corrected chi connectivity index (χ4v) is 2.41. The van der Waals surface area contributed by atoms with Gasteiger partial charge in [-0.3, -0.25) is 0 Å². The van der Waals surface area contributed by atoms with E-state index >= 15 is 0 Å². The van der Waals surface area contributed by atoms with Crippen molar-refractivity contribution >= 4 is 11.6 Å². The summed E-state index contributed by atoms with van der Waals surface area (Å²) >= 11 is 0. The largest absolute Gasteiger partial charge is 0.383 e. The van der Waals surface area contributed by atoms with Crippen molar-refractivity contribution in [3.8, 4) is 0 Å². The molecular formula is C14H22N4. The van der Waals surface area contributed by atoms with Gasteiger partial charge in [-0.1, -0.05) is 0 Å². The molecule has 0 unspecified atom stereocenters. The molecule has 0 aliphatic heterocycles. The van der Waals surface area contributed by atoms with E-state index in [1.807, 2.05) is 13.8 Å². The van der Waals surface area contributed by atoms with E-state index in [0.29, 0.717) is 5.82 Å². The van der Waals surface area contributed by atoms with E-state index in [4.69, 9.17) is 5.73 Å². The van der Waals surface area contributed by atoms with Gasteiger partial charge < -0.3 is 10.6 Å². The normalized spacial score (nSPS) is 19.0. The first-order valence-electron chi connectivity index (χ1n) is 6.99. The zero-order chi connectivity index (χ0) is 12.7. The summed E-state index contributed by atoms with van der Waals surface area (Å²) in [5.74, 6) is 4.23. The van der Waals surface area contributed by atoms with Crippen LogP contribution < -0.4 is 10.6 Å². The Morgan fingerprint density at radius 2 is 1.61 bits per heavy atom. The Labute approximate surface area is 109 Å². The van der Waals surface area contributed by atoms with Crippen molar-refractivity contribution in [2.45, 2.75) is 39.5 Å². The van der Waals surface area contributed by atoms with E-state index in [1.54, 1.807) is 0 Å². The van der Waals surface area contributed by atoms with E-state index < -0.39 is 0 Å². The molecule has 0 spiro atoms. The summed E-state index contributed by atoms with van der Waals surface area (Å²) in [4.78, 5) is 11.3. The fraction of sp³-hybridized carbons (Fsp3) is 0.714. The van der Waals surface area contributed by atoms with Gasteiger partial charge in [-0.25, -0.2) is 9.97 Å². The van der Waals surface area contributed by atoms with Crippen LogP contribution in [0.5, 0.6) is 0 Å². The van der Waals surface area contributed by atoms with Gasteiger partial charge in [-0.2, -0.15) is 0 Å². The van der Waals surface area contributed by atoms with Crippen LogP contribution in [0.4, 0.5) is 11.6 Å². The van der Waals surface area contributed by atoms with Crippen LogP contribution >= 0.6 is 0 Å². The molecule has 4 heteroatoms. The van der Waals surface area contributed by atoms with Gasteiger partial charge in [0.2, 0.25) is 0 Å². The fourth-order valence-electron chi connectivity index (χ4n) is 2.41. The first-order valence-corrected chi connectivity index (χ1v) is 6.99. The van der Waals surface area contributed by atoms with Gasteiger partial charge in [0.1, 0.15) is 17.5 Å². The molecule has 2 saturated carbocycles.